The van der Waals surface area contributed by atoms with Crippen molar-refractivity contribution in [2.24, 2.45) is 5.92 Å². The van der Waals surface area contributed by atoms with Gasteiger partial charge in [0, 0.05) is 19.8 Å². The molecule has 0 aromatic heterocycles. The van der Waals surface area contributed by atoms with E-state index >= 15 is 0 Å². The van der Waals surface area contributed by atoms with E-state index in [0.29, 0.717) is 12.5 Å². The molecule has 0 heterocycles. The fourth-order valence-electron chi connectivity index (χ4n) is 0.951. The first-order chi connectivity index (χ1) is 6.66. The van der Waals surface area contributed by atoms with Crippen LogP contribution < -0.4 is 5.32 Å². The van der Waals surface area contributed by atoms with Gasteiger partial charge in [0.15, 0.2) is 0 Å². The van der Waals surface area contributed by atoms with Gasteiger partial charge in [0.05, 0.1) is 12.7 Å². The molecule has 1 atom stereocenters. The summed E-state index contributed by atoms with van der Waals surface area (Å²) in [6, 6.07) is 0. The van der Waals surface area contributed by atoms with Crippen molar-refractivity contribution in [1.82, 2.24) is 5.32 Å². The third-order valence-electron chi connectivity index (χ3n) is 1.68. The quantitative estimate of drug-likeness (QED) is 0.463. The molecule has 4 heteroatoms. The molecule has 0 aromatic carbocycles. The second-order valence-electron chi connectivity index (χ2n) is 3.86. The molecule has 0 aromatic rings. The van der Waals surface area contributed by atoms with E-state index < -0.39 is 6.10 Å². The smallest absolute Gasteiger partial charge is 0.0894 e. The van der Waals surface area contributed by atoms with Gasteiger partial charge >= 0.3 is 0 Å². The fourth-order valence-corrected chi connectivity index (χ4v) is 0.951. The van der Waals surface area contributed by atoms with E-state index in [4.69, 9.17) is 14.9 Å². The molecular formula is C10H23NO3. The monoisotopic (exact) mass is 205 g/mol. The number of ether oxygens (including phenoxy) is 1. The van der Waals surface area contributed by atoms with Crippen molar-refractivity contribution in [2.75, 3.05) is 32.9 Å². The molecule has 0 radical (unpaired) electrons. The Hall–Kier alpha value is -0.160. The maximum absolute atomic E-state index is 8.99. The van der Waals surface area contributed by atoms with Crippen LogP contribution in [-0.2, 0) is 4.74 Å². The van der Waals surface area contributed by atoms with E-state index in [9.17, 15) is 0 Å². The Bertz CT molecular complexity index is 120. The molecule has 0 aliphatic heterocycles. The highest BCUT2D eigenvalue weighted by molar-refractivity contribution is 4.56. The van der Waals surface area contributed by atoms with E-state index in [1.54, 1.807) is 0 Å². The Morgan fingerprint density at radius 3 is 2.64 bits per heavy atom. The maximum atomic E-state index is 8.99. The highest BCUT2D eigenvalue weighted by Gasteiger charge is 1.99. The van der Waals surface area contributed by atoms with Gasteiger partial charge in [0.2, 0.25) is 0 Å². The second kappa shape index (κ2) is 9.40. The molecule has 86 valence electrons. The van der Waals surface area contributed by atoms with Crippen LogP contribution in [0.3, 0.4) is 0 Å². The van der Waals surface area contributed by atoms with Crippen molar-refractivity contribution in [1.29, 1.82) is 0 Å². The van der Waals surface area contributed by atoms with Gasteiger partial charge in [-0.15, -0.1) is 0 Å². The lowest BCUT2D eigenvalue weighted by molar-refractivity contribution is 0.0903. The summed E-state index contributed by atoms with van der Waals surface area (Å²) in [5.74, 6) is 0.583. The van der Waals surface area contributed by atoms with Gasteiger partial charge in [-0.25, -0.2) is 0 Å². The zero-order valence-corrected chi connectivity index (χ0v) is 9.20. The van der Waals surface area contributed by atoms with Crippen LogP contribution >= 0.6 is 0 Å². The fraction of sp³-hybridized carbons (Fsp3) is 1.00. The highest BCUT2D eigenvalue weighted by Crippen LogP contribution is 1.92. The molecule has 1 unspecified atom stereocenters. The van der Waals surface area contributed by atoms with Crippen LogP contribution in [-0.4, -0.2) is 49.2 Å². The standard InChI is InChI=1S/C10H23NO3/c1-9(2)8-14-5-3-4-11-6-10(13)7-12/h9-13H,3-8H2,1-2H3. The molecule has 0 spiro atoms. The predicted octanol–water partition coefficient (Wildman–Crippen LogP) is -0.00810. The van der Waals surface area contributed by atoms with E-state index in [1.807, 2.05) is 0 Å². The zero-order chi connectivity index (χ0) is 10.8. The number of hydrogen-bond donors (Lipinski definition) is 3. The average Bonchev–Trinajstić information content (AvgIpc) is 2.15. The summed E-state index contributed by atoms with van der Waals surface area (Å²) in [7, 11) is 0. The topological polar surface area (TPSA) is 61.7 Å². The summed E-state index contributed by atoms with van der Waals surface area (Å²) < 4.78 is 5.38. The van der Waals surface area contributed by atoms with Gasteiger partial charge < -0.3 is 20.3 Å². The van der Waals surface area contributed by atoms with Crippen molar-refractivity contribution in [2.45, 2.75) is 26.4 Å². The van der Waals surface area contributed by atoms with Crippen molar-refractivity contribution in [3.8, 4) is 0 Å². The Morgan fingerprint density at radius 1 is 1.36 bits per heavy atom. The number of rotatable bonds is 9. The molecule has 4 nitrogen and oxygen atoms in total. The summed E-state index contributed by atoms with van der Waals surface area (Å²) in [5, 5.41) is 20.5. The molecule has 3 N–H and O–H groups in total. The largest absolute Gasteiger partial charge is 0.394 e. The zero-order valence-electron chi connectivity index (χ0n) is 9.20. The van der Waals surface area contributed by atoms with Crippen molar-refractivity contribution >= 4 is 0 Å². The minimum absolute atomic E-state index is 0.184. The lowest BCUT2D eigenvalue weighted by Gasteiger charge is -2.09. The van der Waals surface area contributed by atoms with Crippen LogP contribution in [0.5, 0.6) is 0 Å². The van der Waals surface area contributed by atoms with Gasteiger partial charge in [0.25, 0.3) is 0 Å². The van der Waals surface area contributed by atoms with E-state index in [-0.39, 0.29) is 6.61 Å². The van der Waals surface area contributed by atoms with Crippen LogP contribution in [0.1, 0.15) is 20.3 Å². The summed E-state index contributed by atoms with van der Waals surface area (Å²) in [6.07, 6.45) is 0.289. The summed E-state index contributed by atoms with van der Waals surface area (Å²) in [6.45, 7) is 6.87. The summed E-state index contributed by atoms with van der Waals surface area (Å²) in [5.41, 5.74) is 0. The highest BCUT2D eigenvalue weighted by atomic mass is 16.5. The third-order valence-corrected chi connectivity index (χ3v) is 1.68. The second-order valence-corrected chi connectivity index (χ2v) is 3.86. The van der Waals surface area contributed by atoms with Crippen LogP contribution in [0.25, 0.3) is 0 Å². The molecule has 0 bridgehead atoms. The Morgan fingerprint density at radius 2 is 2.07 bits per heavy atom. The molecule has 0 rings (SSSR count). The Balaban J connectivity index is 2.99. The molecular weight excluding hydrogens is 182 g/mol. The summed E-state index contributed by atoms with van der Waals surface area (Å²) in [4.78, 5) is 0. The van der Waals surface area contributed by atoms with Gasteiger partial charge in [-0.1, -0.05) is 13.8 Å². The lowest BCUT2D eigenvalue weighted by atomic mass is 10.2. The SMILES string of the molecule is CC(C)COCCCNCC(O)CO. The first-order valence-corrected chi connectivity index (χ1v) is 5.24. The molecule has 0 aliphatic rings. The van der Waals surface area contributed by atoms with Gasteiger partial charge in [-0.3, -0.25) is 0 Å². The molecule has 0 saturated carbocycles. The summed E-state index contributed by atoms with van der Waals surface area (Å²) >= 11 is 0. The molecule has 0 saturated heterocycles. The van der Waals surface area contributed by atoms with Crippen LogP contribution in [0, 0.1) is 5.92 Å². The lowest BCUT2D eigenvalue weighted by Crippen LogP contribution is -2.30. The number of hydrogen-bond acceptors (Lipinski definition) is 4. The number of aliphatic hydroxyl groups excluding tert-OH is 2. The first kappa shape index (κ1) is 13.8. The van der Waals surface area contributed by atoms with Crippen molar-refractivity contribution in [3.63, 3.8) is 0 Å². The minimum Gasteiger partial charge on any atom is -0.394 e. The van der Waals surface area contributed by atoms with Crippen LogP contribution in [0.4, 0.5) is 0 Å². The van der Waals surface area contributed by atoms with Gasteiger partial charge in [-0.05, 0) is 18.9 Å². The Kier molecular flexibility index (Phi) is 9.29. The van der Waals surface area contributed by atoms with Gasteiger partial charge in [-0.2, -0.15) is 0 Å². The van der Waals surface area contributed by atoms with Crippen molar-refractivity contribution in [3.05, 3.63) is 0 Å². The number of nitrogens with one attached hydrogen (secondary N) is 1. The average molecular weight is 205 g/mol. The predicted molar refractivity (Wildman–Crippen MR) is 56.2 cm³/mol. The molecule has 0 amide bonds. The first-order valence-electron chi connectivity index (χ1n) is 5.24. The molecule has 14 heavy (non-hydrogen) atoms. The van der Waals surface area contributed by atoms with Crippen LogP contribution in [0.2, 0.25) is 0 Å². The minimum atomic E-state index is -0.647. The Labute approximate surface area is 86.3 Å². The number of aliphatic hydroxyl groups is 2. The normalized spacial score (nSPS) is 13.5. The van der Waals surface area contributed by atoms with Crippen LogP contribution in [0.15, 0.2) is 0 Å². The van der Waals surface area contributed by atoms with E-state index in [0.717, 1.165) is 26.2 Å². The van der Waals surface area contributed by atoms with Gasteiger partial charge in [0.1, 0.15) is 0 Å². The third kappa shape index (κ3) is 9.92. The van der Waals surface area contributed by atoms with Crippen molar-refractivity contribution < 1.29 is 14.9 Å². The maximum Gasteiger partial charge on any atom is 0.0894 e. The van der Waals surface area contributed by atoms with E-state index in [1.165, 1.54) is 0 Å². The molecule has 0 fully saturated rings. The molecule has 0 aliphatic carbocycles. The van der Waals surface area contributed by atoms with E-state index in [2.05, 4.69) is 19.2 Å².